The van der Waals surface area contributed by atoms with Crippen LogP contribution in [0.3, 0.4) is 0 Å². The quantitative estimate of drug-likeness (QED) is 0.403. The lowest BCUT2D eigenvalue weighted by molar-refractivity contribution is -0.147. The summed E-state index contributed by atoms with van der Waals surface area (Å²) < 4.78 is 22.9. The molecule has 176 valence electrons. The third kappa shape index (κ3) is 4.75. The average Bonchev–Trinajstić information content (AvgIpc) is 3.32. The van der Waals surface area contributed by atoms with E-state index in [1.165, 1.54) is 33.5 Å². The Morgan fingerprint density at radius 3 is 2.41 bits per heavy atom. The van der Waals surface area contributed by atoms with E-state index in [1.54, 1.807) is 17.6 Å². The fourth-order valence-electron chi connectivity index (χ4n) is 3.76. The zero-order chi connectivity index (χ0) is 24.2. The second-order valence-electron chi connectivity index (χ2n) is 7.69. The molecule has 10 heteroatoms. The zero-order valence-electron chi connectivity index (χ0n) is 18.8. The molecule has 0 radical (unpaired) electrons. The Kier molecular flexibility index (Phi) is 6.58. The minimum atomic E-state index is -0.599. The first-order chi connectivity index (χ1) is 16.4. The van der Waals surface area contributed by atoms with Crippen LogP contribution in [0.2, 0.25) is 0 Å². The molecule has 2 heterocycles. The van der Waals surface area contributed by atoms with Gasteiger partial charge in [0.15, 0.2) is 6.61 Å². The molecule has 9 nitrogen and oxygen atoms in total. The number of para-hydroxylation sites is 2. The fraction of sp³-hybridized carbons (Fsp3) is 0.250. The molecule has 2 aromatic carbocycles. The summed E-state index contributed by atoms with van der Waals surface area (Å²) >= 11 is 0. The third-order valence-corrected chi connectivity index (χ3v) is 5.32. The van der Waals surface area contributed by atoms with Gasteiger partial charge in [0.1, 0.15) is 11.6 Å². The van der Waals surface area contributed by atoms with E-state index in [-0.39, 0.29) is 24.5 Å². The van der Waals surface area contributed by atoms with Crippen molar-refractivity contribution in [2.45, 2.75) is 33.4 Å². The summed E-state index contributed by atoms with van der Waals surface area (Å²) in [6.07, 6.45) is -0.0580. The van der Waals surface area contributed by atoms with Crippen molar-refractivity contribution < 1.29 is 18.7 Å². The zero-order valence-corrected chi connectivity index (χ0v) is 18.8. The van der Waals surface area contributed by atoms with Gasteiger partial charge in [-0.3, -0.25) is 18.7 Å². The van der Waals surface area contributed by atoms with Crippen LogP contribution in [0.4, 0.5) is 10.2 Å². The number of aryl methyl sites for hydroxylation is 3. The number of amides is 1. The van der Waals surface area contributed by atoms with E-state index in [1.807, 2.05) is 31.2 Å². The van der Waals surface area contributed by atoms with Gasteiger partial charge in [0, 0.05) is 19.2 Å². The van der Waals surface area contributed by atoms with Gasteiger partial charge in [-0.05, 0) is 50.2 Å². The highest BCUT2D eigenvalue weighted by molar-refractivity contribution is 5.92. The Bertz CT molecular complexity index is 1400. The molecular weight excluding hydrogens is 441 g/mol. The Morgan fingerprint density at radius 2 is 1.74 bits per heavy atom. The maximum absolute atomic E-state index is 13.2. The van der Waals surface area contributed by atoms with Gasteiger partial charge in [-0.2, -0.15) is 5.10 Å². The van der Waals surface area contributed by atoms with Crippen LogP contribution in [-0.2, 0) is 27.4 Å². The molecule has 0 unspecified atom stereocenters. The van der Waals surface area contributed by atoms with E-state index in [2.05, 4.69) is 10.4 Å². The lowest BCUT2D eigenvalue weighted by atomic mass is 10.3. The van der Waals surface area contributed by atoms with E-state index < -0.39 is 18.5 Å². The summed E-state index contributed by atoms with van der Waals surface area (Å²) in [5, 5.41) is 6.95. The second-order valence-corrected chi connectivity index (χ2v) is 7.69. The number of rotatable bonds is 8. The predicted octanol–water partition coefficient (Wildman–Crippen LogP) is 3.03. The molecule has 0 saturated heterocycles. The lowest BCUT2D eigenvalue weighted by Gasteiger charge is -2.09. The van der Waals surface area contributed by atoms with Crippen molar-refractivity contribution in [2.75, 3.05) is 11.9 Å². The maximum atomic E-state index is 13.2. The first-order valence-electron chi connectivity index (χ1n) is 10.8. The number of imidazole rings is 1. The van der Waals surface area contributed by atoms with Crippen molar-refractivity contribution >= 4 is 28.7 Å². The summed E-state index contributed by atoms with van der Waals surface area (Å²) in [5.41, 5.74) is 2.56. The molecule has 0 bridgehead atoms. The number of nitrogens with zero attached hydrogens (tertiary/aromatic N) is 4. The number of hydrogen-bond donors (Lipinski definition) is 1. The number of benzene rings is 2. The van der Waals surface area contributed by atoms with E-state index in [0.717, 1.165) is 11.0 Å². The number of fused-ring (bicyclic) bond motifs is 1. The van der Waals surface area contributed by atoms with Crippen molar-refractivity contribution in [1.29, 1.82) is 0 Å². The summed E-state index contributed by atoms with van der Waals surface area (Å²) in [6, 6.07) is 14.7. The van der Waals surface area contributed by atoms with E-state index in [4.69, 9.17) is 4.74 Å². The van der Waals surface area contributed by atoms with Gasteiger partial charge in [0.25, 0.3) is 5.91 Å². The van der Waals surface area contributed by atoms with Crippen LogP contribution in [0.1, 0.15) is 19.0 Å². The highest BCUT2D eigenvalue weighted by Crippen LogP contribution is 2.18. The van der Waals surface area contributed by atoms with Gasteiger partial charge in [-0.25, -0.2) is 13.9 Å². The first-order valence-corrected chi connectivity index (χ1v) is 10.8. The van der Waals surface area contributed by atoms with Crippen molar-refractivity contribution in [3.8, 4) is 5.69 Å². The molecule has 0 fully saturated rings. The fourth-order valence-corrected chi connectivity index (χ4v) is 3.76. The minimum Gasteiger partial charge on any atom is -0.456 e. The number of aromatic nitrogens is 4. The van der Waals surface area contributed by atoms with Crippen molar-refractivity contribution in [2.24, 2.45) is 0 Å². The molecule has 1 amide bonds. The summed E-state index contributed by atoms with van der Waals surface area (Å²) in [5.74, 6) is -1.16. The number of nitrogens with one attached hydrogen (secondary N) is 1. The number of halogens is 1. The molecule has 4 aromatic rings. The number of ether oxygens (including phenoxy) is 1. The molecule has 0 saturated carbocycles. The van der Waals surface area contributed by atoms with E-state index in [9.17, 15) is 18.8 Å². The third-order valence-electron chi connectivity index (χ3n) is 5.32. The first kappa shape index (κ1) is 23.0. The highest BCUT2D eigenvalue weighted by Gasteiger charge is 2.15. The van der Waals surface area contributed by atoms with Gasteiger partial charge in [-0.1, -0.05) is 12.1 Å². The number of hydrogen-bond acceptors (Lipinski definition) is 5. The Labute approximate surface area is 194 Å². The van der Waals surface area contributed by atoms with Crippen molar-refractivity contribution in [1.82, 2.24) is 18.9 Å². The standard InChI is InChI=1S/C24H24FN5O4/c1-3-28-19-6-4-5-7-20(19)29(24(28)33)13-12-23(32)34-15-22(31)26-21-14-16(2)27-30(21)18-10-8-17(25)9-11-18/h4-11,14H,3,12-13,15H2,1-2H3,(H,26,31). The minimum absolute atomic E-state index is 0.0580. The van der Waals surface area contributed by atoms with Crippen LogP contribution in [0.15, 0.2) is 59.4 Å². The largest absolute Gasteiger partial charge is 0.456 e. The van der Waals surface area contributed by atoms with Crippen LogP contribution in [0.5, 0.6) is 0 Å². The molecule has 0 atom stereocenters. The monoisotopic (exact) mass is 465 g/mol. The highest BCUT2D eigenvalue weighted by atomic mass is 19.1. The smallest absolute Gasteiger partial charge is 0.329 e. The van der Waals surface area contributed by atoms with Crippen molar-refractivity contribution in [3.05, 3.63) is 76.6 Å². The molecule has 0 spiro atoms. The van der Waals surface area contributed by atoms with Gasteiger partial charge in [0.2, 0.25) is 0 Å². The Hall–Kier alpha value is -4.21. The second kappa shape index (κ2) is 9.74. The summed E-state index contributed by atoms with van der Waals surface area (Å²) in [4.78, 5) is 37.3. The predicted molar refractivity (Wildman–Crippen MR) is 124 cm³/mol. The Morgan fingerprint density at radius 1 is 1.06 bits per heavy atom. The van der Waals surface area contributed by atoms with Crippen LogP contribution < -0.4 is 11.0 Å². The van der Waals surface area contributed by atoms with Crippen LogP contribution in [0.25, 0.3) is 16.7 Å². The van der Waals surface area contributed by atoms with Gasteiger partial charge < -0.3 is 10.1 Å². The SMILES string of the molecule is CCn1c(=O)n(CCC(=O)OCC(=O)Nc2cc(C)nn2-c2ccc(F)cc2)c2ccccc21. The lowest BCUT2D eigenvalue weighted by Crippen LogP contribution is -2.26. The molecule has 0 aliphatic carbocycles. The summed E-state index contributed by atoms with van der Waals surface area (Å²) in [6.45, 7) is 3.81. The normalized spacial score (nSPS) is 11.0. The van der Waals surface area contributed by atoms with Crippen molar-refractivity contribution in [3.63, 3.8) is 0 Å². The molecule has 34 heavy (non-hydrogen) atoms. The van der Waals surface area contributed by atoms with E-state index in [0.29, 0.717) is 23.7 Å². The Balaban J connectivity index is 1.36. The topological polar surface area (TPSA) is 100 Å². The number of anilines is 1. The molecule has 4 rings (SSSR count). The number of carbonyl (C=O) groups is 2. The van der Waals surface area contributed by atoms with Gasteiger partial charge in [0.05, 0.1) is 28.8 Å². The van der Waals surface area contributed by atoms with E-state index >= 15 is 0 Å². The molecular formula is C24H24FN5O4. The molecule has 1 N–H and O–H groups in total. The molecule has 2 aromatic heterocycles. The number of carbonyl (C=O) groups excluding carboxylic acids is 2. The van der Waals surface area contributed by atoms with Crippen LogP contribution >= 0.6 is 0 Å². The summed E-state index contributed by atoms with van der Waals surface area (Å²) in [7, 11) is 0. The molecule has 0 aliphatic rings. The van der Waals surface area contributed by atoms with Crippen LogP contribution in [-0.4, -0.2) is 37.4 Å². The molecule has 0 aliphatic heterocycles. The van der Waals surface area contributed by atoms with Gasteiger partial charge >= 0.3 is 11.7 Å². The average molecular weight is 465 g/mol. The number of esters is 1. The maximum Gasteiger partial charge on any atom is 0.329 e. The van der Waals surface area contributed by atoms with Gasteiger partial charge in [-0.15, -0.1) is 0 Å². The van der Waals surface area contributed by atoms with Crippen LogP contribution in [0, 0.1) is 12.7 Å².